The Morgan fingerprint density at radius 1 is 1.25 bits per heavy atom. The number of hydrogen-bond acceptors (Lipinski definition) is 9. The van der Waals surface area contributed by atoms with E-state index in [0.29, 0.717) is 12.4 Å². The van der Waals surface area contributed by atoms with Gasteiger partial charge in [-0.15, -0.1) is 4.37 Å². The second kappa shape index (κ2) is 8.73. The summed E-state index contributed by atoms with van der Waals surface area (Å²) in [7, 11) is 2.11. The zero-order valence-corrected chi connectivity index (χ0v) is 19.9. The van der Waals surface area contributed by atoms with Crippen molar-refractivity contribution in [2.75, 3.05) is 26.8 Å². The lowest BCUT2D eigenvalue weighted by Crippen LogP contribution is -2.48. The predicted octanol–water partition coefficient (Wildman–Crippen LogP) is 2.24. The van der Waals surface area contributed by atoms with E-state index in [9.17, 15) is 10.2 Å². The van der Waals surface area contributed by atoms with Gasteiger partial charge in [-0.05, 0) is 55.5 Å². The highest BCUT2D eigenvalue weighted by Gasteiger charge is 2.56. The summed E-state index contributed by atoms with van der Waals surface area (Å²) >= 11 is 2.72. The molecular weight excluding hydrogens is 396 g/mol. The number of hydrogen-bond donors (Lipinski definition) is 3. The van der Waals surface area contributed by atoms with Crippen molar-refractivity contribution >= 4 is 23.5 Å². The Labute approximate surface area is 177 Å². The summed E-state index contributed by atoms with van der Waals surface area (Å²) in [5.41, 5.74) is -0.315. The number of aliphatic hydroxyl groups is 2. The normalized spacial score (nSPS) is 25.8. The molecule has 1 aliphatic heterocycles. The van der Waals surface area contributed by atoms with Crippen molar-refractivity contribution in [3.05, 3.63) is 0 Å². The first-order chi connectivity index (χ1) is 12.8. The zero-order chi connectivity index (χ0) is 21.3. The number of rotatable bonds is 8. The van der Waals surface area contributed by atoms with E-state index < -0.39 is 6.10 Å². The van der Waals surface area contributed by atoms with Gasteiger partial charge in [0, 0.05) is 40.9 Å². The molecule has 0 aromatic carbocycles. The van der Waals surface area contributed by atoms with Crippen molar-refractivity contribution in [3.63, 3.8) is 0 Å². The van der Waals surface area contributed by atoms with Gasteiger partial charge in [-0.25, -0.2) is 0 Å². The second-order valence-electron chi connectivity index (χ2n) is 9.66. The minimum absolute atomic E-state index is 0.0592. The van der Waals surface area contributed by atoms with E-state index in [-0.39, 0.29) is 41.0 Å². The highest BCUT2D eigenvalue weighted by atomic mass is 32.2. The molecule has 2 unspecified atom stereocenters. The molecule has 162 valence electrons. The van der Waals surface area contributed by atoms with Gasteiger partial charge in [0.25, 0.3) is 5.88 Å². The average molecular weight is 433 g/mol. The second-order valence-corrected chi connectivity index (χ2v) is 11.3. The summed E-state index contributed by atoms with van der Waals surface area (Å²) in [5.74, 6) is 0.554. The van der Waals surface area contributed by atoms with Gasteiger partial charge in [0.1, 0.15) is 12.7 Å². The minimum Gasteiger partial charge on any atom is -0.472 e. The van der Waals surface area contributed by atoms with Crippen LogP contribution in [-0.4, -0.2) is 78.6 Å². The first-order valence-electron chi connectivity index (χ1n) is 9.70. The zero-order valence-electron chi connectivity index (χ0n) is 18.3. The molecule has 1 aliphatic rings. The van der Waals surface area contributed by atoms with Crippen LogP contribution >= 0.6 is 23.5 Å². The highest BCUT2D eigenvalue weighted by Crippen LogP contribution is 2.51. The van der Waals surface area contributed by atoms with Crippen molar-refractivity contribution in [2.24, 2.45) is 5.92 Å². The minimum atomic E-state index is -0.628. The lowest BCUT2D eigenvalue weighted by atomic mass is 9.87. The molecule has 0 saturated carbocycles. The third-order valence-corrected chi connectivity index (χ3v) is 8.12. The molecule has 0 spiro atoms. The van der Waals surface area contributed by atoms with Gasteiger partial charge in [0.2, 0.25) is 0 Å². The van der Waals surface area contributed by atoms with Crippen LogP contribution in [0.25, 0.3) is 0 Å². The summed E-state index contributed by atoms with van der Waals surface area (Å²) in [6, 6.07) is 0. The van der Waals surface area contributed by atoms with Crippen LogP contribution in [0.2, 0.25) is 0 Å². The summed E-state index contributed by atoms with van der Waals surface area (Å²) in [4.78, 5) is 2.33. The van der Waals surface area contributed by atoms with Crippen LogP contribution in [0.15, 0.2) is 5.03 Å². The van der Waals surface area contributed by atoms with Crippen molar-refractivity contribution in [1.82, 2.24) is 19.0 Å². The number of nitrogens with zero attached hydrogens (tertiary/aromatic N) is 3. The molecule has 2 heterocycles. The van der Waals surface area contributed by atoms with Crippen LogP contribution in [0.3, 0.4) is 0 Å². The fourth-order valence-corrected chi connectivity index (χ4v) is 5.91. The fraction of sp³-hybridized carbons (Fsp3) is 0.895. The van der Waals surface area contributed by atoms with E-state index in [1.54, 1.807) is 11.8 Å². The first kappa shape index (κ1) is 23.8. The summed E-state index contributed by atoms with van der Waals surface area (Å²) in [6.07, 6.45) is -0.628. The Morgan fingerprint density at radius 3 is 2.46 bits per heavy atom. The van der Waals surface area contributed by atoms with Gasteiger partial charge >= 0.3 is 0 Å². The first-order valence-corrected chi connectivity index (χ1v) is 11.3. The molecule has 0 amide bonds. The van der Waals surface area contributed by atoms with Crippen molar-refractivity contribution in [2.45, 2.75) is 81.5 Å². The standard InChI is InChI=1S/C19H36N4O3S2/c1-17(2,3)20-9-12(25)11-26-15-16(22-28-21-15)27-14-13(10-24)18(4,5)23(8)19(14,6)7/h12-14,20,24-25H,9-11H2,1-8H3/t12-,13?,14?/m0/s1. The summed E-state index contributed by atoms with van der Waals surface area (Å²) in [5, 5.41) is 24.4. The lowest BCUT2D eigenvalue weighted by Gasteiger charge is -2.38. The molecule has 3 N–H and O–H groups in total. The largest absolute Gasteiger partial charge is 0.472 e. The number of aromatic nitrogens is 2. The monoisotopic (exact) mass is 432 g/mol. The summed E-state index contributed by atoms with van der Waals surface area (Å²) < 4.78 is 14.5. The van der Waals surface area contributed by atoms with Crippen LogP contribution in [-0.2, 0) is 0 Å². The lowest BCUT2D eigenvalue weighted by molar-refractivity contribution is 0.0826. The molecule has 9 heteroatoms. The van der Waals surface area contributed by atoms with Gasteiger partial charge in [0.15, 0.2) is 5.03 Å². The Bertz CT molecular complexity index is 645. The van der Waals surface area contributed by atoms with E-state index in [1.807, 2.05) is 0 Å². The molecule has 1 aromatic rings. The Kier molecular flexibility index (Phi) is 7.43. The SMILES string of the molecule is CN1C(C)(C)C(CO)C(Sc2nsnc2OC[C@@H](O)CNC(C)(C)C)C1(C)C. The summed E-state index contributed by atoms with van der Waals surface area (Å²) in [6.45, 7) is 15.6. The van der Waals surface area contributed by atoms with E-state index in [0.717, 1.165) is 16.8 Å². The maximum Gasteiger partial charge on any atom is 0.260 e. The molecule has 2 rings (SSSR count). The third kappa shape index (κ3) is 5.17. The topological polar surface area (TPSA) is 90.7 Å². The molecule has 0 radical (unpaired) electrons. The average Bonchev–Trinajstić information content (AvgIpc) is 3.07. The van der Waals surface area contributed by atoms with Crippen LogP contribution in [0.4, 0.5) is 0 Å². The fourth-order valence-electron chi connectivity index (χ4n) is 3.70. The molecule has 1 fully saturated rings. The number of ether oxygens (including phenoxy) is 1. The number of β-amino-alcohol motifs (C(OH)–C–C–N with tert-alkyl or cyclic N) is 1. The molecule has 7 nitrogen and oxygen atoms in total. The third-order valence-electron chi connectivity index (χ3n) is 5.84. The molecule has 28 heavy (non-hydrogen) atoms. The van der Waals surface area contributed by atoms with E-state index in [4.69, 9.17) is 4.74 Å². The van der Waals surface area contributed by atoms with Crippen LogP contribution in [0.5, 0.6) is 5.88 Å². The Morgan fingerprint density at radius 2 is 1.89 bits per heavy atom. The van der Waals surface area contributed by atoms with Crippen molar-refractivity contribution in [1.29, 1.82) is 0 Å². The maximum absolute atomic E-state index is 10.2. The van der Waals surface area contributed by atoms with Crippen LogP contribution in [0, 0.1) is 5.92 Å². The van der Waals surface area contributed by atoms with E-state index >= 15 is 0 Å². The van der Waals surface area contributed by atoms with Gasteiger partial charge in [-0.1, -0.05) is 11.8 Å². The van der Waals surface area contributed by atoms with Crippen molar-refractivity contribution < 1.29 is 14.9 Å². The number of nitrogens with one attached hydrogen (secondary N) is 1. The number of aliphatic hydroxyl groups excluding tert-OH is 2. The molecule has 0 aliphatic carbocycles. The molecule has 1 aromatic heterocycles. The quantitative estimate of drug-likeness (QED) is 0.576. The predicted molar refractivity (Wildman–Crippen MR) is 115 cm³/mol. The van der Waals surface area contributed by atoms with Gasteiger partial charge in [0.05, 0.1) is 11.7 Å². The van der Waals surface area contributed by atoms with Crippen LogP contribution < -0.4 is 10.1 Å². The van der Waals surface area contributed by atoms with Gasteiger partial charge in [-0.3, -0.25) is 4.90 Å². The molecular formula is C19H36N4O3S2. The van der Waals surface area contributed by atoms with Gasteiger partial charge in [-0.2, -0.15) is 4.37 Å². The smallest absolute Gasteiger partial charge is 0.260 e. The van der Waals surface area contributed by atoms with Crippen molar-refractivity contribution in [3.8, 4) is 5.88 Å². The number of likely N-dealkylation sites (tertiary alicyclic amines) is 1. The van der Waals surface area contributed by atoms with Crippen LogP contribution in [0.1, 0.15) is 48.5 Å². The Hall–Kier alpha value is -0.450. The van der Waals surface area contributed by atoms with E-state index in [1.165, 1.54) is 0 Å². The molecule has 0 bridgehead atoms. The number of thioether (sulfide) groups is 1. The highest BCUT2D eigenvalue weighted by molar-refractivity contribution is 8.00. The van der Waals surface area contributed by atoms with Gasteiger partial charge < -0.3 is 20.3 Å². The maximum atomic E-state index is 10.2. The van der Waals surface area contributed by atoms with E-state index in [2.05, 4.69) is 74.5 Å². The molecule has 3 atom stereocenters. The Balaban J connectivity index is 2.05. The molecule has 1 saturated heterocycles.